The molecule has 2 atom stereocenters. The van der Waals surface area contributed by atoms with Gasteiger partial charge >= 0.3 is 0 Å². The van der Waals surface area contributed by atoms with Crippen LogP contribution in [0.2, 0.25) is 0 Å². The van der Waals surface area contributed by atoms with Gasteiger partial charge in [0.05, 0.1) is 18.3 Å². The van der Waals surface area contributed by atoms with Gasteiger partial charge < -0.3 is 14.8 Å². The lowest BCUT2D eigenvalue weighted by atomic mass is 10.0. The van der Waals surface area contributed by atoms with Crippen molar-refractivity contribution in [2.45, 2.75) is 65.3 Å². The summed E-state index contributed by atoms with van der Waals surface area (Å²) in [6.07, 6.45) is 4.30. The molecule has 1 fully saturated rings. The Hall–Kier alpha value is -0.120. The fourth-order valence-electron chi connectivity index (χ4n) is 2.32. The molecule has 1 saturated heterocycles. The van der Waals surface area contributed by atoms with E-state index in [9.17, 15) is 0 Å². The molecule has 3 heteroatoms. The lowest BCUT2D eigenvalue weighted by molar-refractivity contribution is -0.102. The molecule has 0 aliphatic carbocycles. The Labute approximate surface area is 106 Å². The van der Waals surface area contributed by atoms with E-state index in [1.807, 2.05) is 0 Å². The minimum atomic E-state index is 0.350. The average molecular weight is 243 g/mol. The molecule has 3 nitrogen and oxygen atoms in total. The molecule has 1 N–H and O–H groups in total. The number of nitrogens with one attached hydrogen (secondary N) is 1. The zero-order chi connectivity index (χ0) is 12.7. The van der Waals surface area contributed by atoms with Crippen molar-refractivity contribution in [1.29, 1.82) is 0 Å². The van der Waals surface area contributed by atoms with Crippen LogP contribution in [-0.2, 0) is 9.47 Å². The van der Waals surface area contributed by atoms with Crippen LogP contribution in [0.3, 0.4) is 0 Å². The highest BCUT2D eigenvalue weighted by atomic mass is 16.5. The summed E-state index contributed by atoms with van der Waals surface area (Å²) in [7, 11) is 0. The zero-order valence-corrected chi connectivity index (χ0v) is 11.9. The van der Waals surface area contributed by atoms with Crippen LogP contribution >= 0.6 is 0 Å². The lowest BCUT2D eigenvalue weighted by Crippen LogP contribution is -2.34. The summed E-state index contributed by atoms with van der Waals surface area (Å²) < 4.78 is 11.6. The Kier molecular flexibility index (Phi) is 7.09. The average Bonchev–Trinajstić information content (AvgIpc) is 2.21. The standard InChI is InChI=1S/C14H29NO2/c1-11(2)10-15-6-5-7-16-14-8-12(3)17-13(4)9-14/h11-15H,5-10H2,1-4H3. The van der Waals surface area contributed by atoms with Gasteiger partial charge in [0.1, 0.15) is 0 Å². The Balaban J connectivity index is 1.98. The number of hydrogen-bond donors (Lipinski definition) is 1. The minimum absolute atomic E-state index is 0.350. The van der Waals surface area contributed by atoms with E-state index in [2.05, 4.69) is 33.0 Å². The van der Waals surface area contributed by atoms with Crippen LogP contribution in [-0.4, -0.2) is 38.0 Å². The smallest absolute Gasteiger partial charge is 0.0624 e. The summed E-state index contributed by atoms with van der Waals surface area (Å²) in [5, 5.41) is 3.44. The molecular weight excluding hydrogens is 214 g/mol. The van der Waals surface area contributed by atoms with Crippen LogP contribution in [0.4, 0.5) is 0 Å². The SMILES string of the molecule is CC(C)CNCCCOC1CC(C)OC(C)C1. The van der Waals surface area contributed by atoms with E-state index in [4.69, 9.17) is 9.47 Å². The molecule has 0 aromatic rings. The normalized spacial score (nSPS) is 29.8. The topological polar surface area (TPSA) is 30.5 Å². The second-order valence-electron chi connectivity index (χ2n) is 5.67. The third kappa shape index (κ3) is 7.02. The molecule has 0 spiro atoms. The Morgan fingerprint density at radius 2 is 1.88 bits per heavy atom. The monoisotopic (exact) mass is 243 g/mol. The van der Waals surface area contributed by atoms with Crippen molar-refractivity contribution in [3.8, 4) is 0 Å². The van der Waals surface area contributed by atoms with E-state index < -0.39 is 0 Å². The molecule has 1 aliphatic rings. The van der Waals surface area contributed by atoms with E-state index >= 15 is 0 Å². The van der Waals surface area contributed by atoms with Crippen LogP contribution in [0.15, 0.2) is 0 Å². The quantitative estimate of drug-likeness (QED) is 0.697. The van der Waals surface area contributed by atoms with Crippen LogP contribution in [0.25, 0.3) is 0 Å². The van der Waals surface area contributed by atoms with Crippen LogP contribution in [0.1, 0.15) is 47.0 Å². The number of hydrogen-bond acceptors (Lipinski definition) is 3. The van der Waals surface area contributed by atoms with Gasteiger partial charge in [-0.1, -0.05) is 13.8 Å². The van der Waals surface area contributed by atoms with E-state index in [-0.39, 0.29) is 0 Å². The molecule has 17 heavy (non-hydrogen) atoms. The maximum Gasteiger partial charge on any atom is 0.0624 e. The van der Waals surface area contributed by atoms with Crippen molar-refractivity contribution in [3.63, 3.8) is 0 Å². The maximum atomic E-state index is 5.91. The van der Waals surface area contributed by atoms with E-state index in [0.29, 0.717) is 18.3 Å². The van der Waals surface area contributed by atoms with Gasteiger partial charge in [0.15, 0.2) is 0 Å². The molecule has 2 unspecified atom stereocenters. The third-order valence-electron chi connectivity index (χ3n) is 3.06. The molecule has 0 bridgehead atoms. The van der Waals surface area contributed by atoms with Crippen molar-refractivity contribution in [2.75, 3.05) is 19.7 Å². The largest absolute Gasteiger partial charge is 0.378 e. The maximum absolute atomic E-state index is 5.91. The Bertz CT molecular complexity index is 187. The fraction of sp³-hybridized carbons (Fsp3) is 1.00. The predicted octanol–water partition coefficient (Wildman–Crippen LogP) is 2.59. The first kappa shape index (κ1) is 14.9. The fourth-order valence-corrected chi connectivity index (χ4v) is 2.32. The van der Waals surface area contributed by atoms with Crippen molar-refractivity contribution >= 4 is 0 Å². The molecule has 1 rings (SSSR count). The highest BCUT2D eigenvalue weighted by Gasteiger charge is 2.24. The van der Waals surface area contributed by atoms with Crippen LogP contribution in [0, 0.1) is 5.92 Å². The summed E-state index contributed by atoms with van der Waals surface area (Å²) >= 11 is 0. The molecule has 0 saturated carbocycles. The molecule has 0 amide bonds. The van der Waals surface area contributed by atoms with Gasteiger partial charge in [-0.2, -0.15) is 0 Å². The second kappa shape index (κ2) is 8.06. The van der Waals surface area contributed by atoms with Gasteiger partial charge in [-0.15, -0.1) is 0 Å². The van der Waals surface area contributed by atoms with Gasteiger partial charge in [0.25, 0.3) is 0 Å². The summed E-state index contributed by atoms with van der Waals surface area (Å²) in [6, 6.07) is 0. The van der Waals surface area contributed by atoms with E-state index in [0.717, 1.165) is 44.9 Å². The molecule has 0 aromatic heterocycles. The summed E-state index contributed by atoms with van der Waals surface area (Å²) in [5.41, 5.74) is 0. The summed E-state index contributed by atoms with van der Waals surface area (Å²) in [6.45, 7) is 11.8. The van der Waals surface area contributed by atoms with Crippen molar-refractivity contribution in [2.24, 2.45) is 5.92 Å². The highest BCUT2D eigenvalue weighted by Crippen LogP contribution is 2.21. The first-order valence-electron chi connectivity index (χ1n) is 7.05. The zero-order valence-electron chi connectivity index (χ0n) is 11.9. The molecule has 102 valence electrons. The van der Waals surface area contributed by atoms with E-state index in [1.165, 1.54) is 0 Å². The summed E-state index contributed by atoms with van der Waals surface area (Å²) in [5.74, 6) is 0.730. The predicted molar refractivity (Wildman–Crippen MR) is 71.3 cm³/mol. The van der Waals surface area contributed by atoms with Crippen LogP contribution < -0.4 is 5.32 Å². The number of ether oxygens (including phenoxy) is 2. The van der Waals surface area contributed by atoms with Gasteiger partial charge in [-0.25, -0.2) is 0 Å². The third-order valence-corrected chi connectivity index (χ3v) is 3.06. The van der Waals surface area contributed by atoms with Gasteiger partial charge in [-0.05, 0) is 52.1 Å². The molecule has 0 radical (unpaired) electrons. The van der Waals surface area contributed by atoms with E-state index in [1.54, 1.807) is 0 Å². The first-order valence-corrected chi connectivity index (χ1v) is 7.05. The number of rotatable bonds is 7. The Morgan fingerprint density at radius 3 is 2.47 bits per heavy atom. The minimum Gasteiger partial charge on any atom is -0.378 e. The molecular formula is C14H29NO2. The second-order valence-corrected chi connectivity index (χ2v) is 5.67. The summed E-state index contributed by atoms with van der Waals surface area (Å²) in [4.78, 5) is 0. The van der Waals surface area contributed by atoms with Gasteiger partial charge in [0.2, 0.25) is 0 Å². The molecule has 1 heterocycles. The van der Waals surface area contributed by atoms with Crippen LogP contribution in [0.5, 0.6) is 0 Å². The van der Waals surface area contributed by atoms with Gasteiger partial charge in [-0.3, -0.25) is 0 Å². The van der Waals surface area contributed by atoms with Crippen molar-refractivity contribution in [3.05, 3.63) is 0 Å². The highest BCUT2D eigenvalue weighted by molar-refractivity contribution is 4.73. The van der Waals surface area contributed by atoms with Crippen molar-refractivity contribution < 1.29 is 9.47 Å². The van der Waals surface area contributed by atoms with Crippen molar-refractivity contribution in [1.82, 2.24) is 5.32 Å². The van der Waals surface area contributed by atoms with Gasteiger partial charge in [0, 0.05) is 6.61 Å². The first-order chi connectivity index (χ1) is 8.08. The Morgan fingerprint density at radius 1 is 1.24 bits per heavy atom. The molecule has 1 aliphatic heterocycles. The molecule has 0 aromatic carbocycles. The lowest BCUT2D eigenvalue weighted by Gasteiger charge is -2.32.